The molecule has 1 N–H and O–H groups in total. The molecule has 0 aliphatic heterocycles. The number of methoxy groups -OCH3 is 1. The van der Waals surface area contributed by atoms with Crippen LogP contribution in [-0.4, -0.2) is 23.2 Å². The molecule has 6 nitrogen and oxygen atoms in total. The first kappa shape index (κ1) is 17.5. The van der Waals surface area contributed by atoms with Crippen LogP contribution in [0.25, 0.3) is 22.2 Å². The van der Waals surface area contributed by atoms with Crippen molar-refractivity contribution in [3.8, 4) is 17.0 Å². The summed E-state index contributed by atoms with van der Waals surface area (Å²) < 4.78 is 5.49. The van der Waals surface area contributed by atoms with Gasteiger partial charge in [-0.25, -0.2) is 0 Å². The zero-order valence-corrected chi connectivity index (χ0v) is 15.1. The van der Waals surface area contributed by atoms with Crippen LogP contribution in [0.15, 0.2) is 77.8 Å². The Morgan fingerprint density at radius 1 is 1.04 bits per heavy atom. The minimum Gasteiger partial charge on any atom is -0.495 e. The standard InChI is InChI=1S/C22H17N3O3/c1-28-20-12-6-11-18-19(14-23-16-9-5-10-17(13-16)25(26)27)21(24-22(18)20)15-7-3-2-4-8-15/h2-14,24H,1H3. The Kier molecular flexibility index (Phi) is 4.60. The summed E-state index contributed by atoms with van der Waals surface area (Å²) in [6.07, 6.45) is 1.74. The molecule has 1 aromatic heterocycles. The van der Waals surface area contributed by atoms with Gasteiger partial charge in [0.15, 0.2) is 0 Å². The highest BCUT2D eigenvalue weighted by atomic mass is 16.6. The molecule has 0 spiro atoms. The van der Waals surface area contributed by atoms with Crippen molar-refractivity contribution < 1.29 is 9.66 Å². The molecule has 138 valence electrons. The van der Waals surface area contributed by atoms with E-state index in [0.29, 0.717) is 5.69 Å². The number of nitrogens with one attached hydrogen (secondary N) is 1. The lowest BCUT2D eigenvalue weighted by Gasteiger charge is -2.01. The molecule has 4 aromatic rings. The Morgan fingerprint density at radius 2 is 1.82 bits per heavy atom. The molecular formula is C22H17N3O3. The van der Waals surface area contributed by atoms with Gasteiger partial charge >= 0.3 is 0 Å². The Labute approximate surface area is 161 Å². The summed E-state index contributed by atoms with van der Waals surface area (Å²) in [5.74, 6) is 0.740. The third kappa shape index (κ3) is 3.23. The van der Waals surface area contributed by atoms with Crippen molar-refractivity contribution in [2.45, 2.75) is 0 Å². The molecule has 6 heteroatoms. The third-order valence-electron chi connectivity index (χ3n) is 4.50. The smallest absolute Gasteiger partial charge is 0.271 e. The topological polar surface area (TPSA) is 80.5 Å². The number of benzene rings is 3. The number of hydrogen-bond donors (Lipinski definition) is 1. The van der Waals surface area contributed by atoms with Gasteiger partial charge in [-0.3, -0.25) is 15.1 Å². The lowest BCUT2D eigenvalue weighted by atomic mass is 10.1. The first-order valence-corrected chi connectivity index (χ1v) is 8.70. The van der Waals surface area contributed by atoms with Gasteiger partial charge in [-0.05, 0) is 17.7 Å². The Bertz CT molecular complexity index is 1180. The SMILES string of the molecule is COc1cccc2c(C=Nc3cccc([N+](=O)[O-])c3)c(-c3ccccc3)[nH]c12. The van der Waals surface area contributed by atoms with E-state index in [1.165, 1.54) is 12.1 Å². The zero-order chi connectivity index (χ0) is 19.5. The van der Waals surface area contributed by atoms with Gasteiger partial charge in [0.2, 0.25) is 0 Å². The van der Waals surface area contributed by atoms with Crippen molar-refractivity contribution in [2.24, 2.45) is 4.99 Å². The number of hydrogen-bond acceptors (Lipinski definition) is 4. The molecule has 3 aromatic carbocycles. The predicted octanol–water partition coefficient (Wildman–Crippen LogP) is 5.50. The van der Waals surface area contributed by atoms with Gasteiger partial charge in [-0.1, -0.05) is 48.5 Å². The molecule has 0 radical (unpaired) electrons. The molecule has 0 bridgehead atoms. The number of aromatic nitrogens is 1. The van der Waals surface area contributed by atoms with Gasteiger partial charge in [-0.2, -0.15) is 0 Å². The predicted molar refractivity (Wildman–Crippen MR) is 111 cm³/mol. The minimum absolute atomic E-state index is 0.0125. The maximum absolute atomic E-state index is 11.0. The van der Waals surface area contributed by atoms with E-state index in [2.05, 4.69) is 9.98 Å². The fourth-order valence-corrected chi connectivity index (χ4v) is 3.17. The second-order valence-corrected chi connectivity index (χ2v) is 6.20. The molecule has 28 heavy (non-hydrogen) atoms. The Hall–Kier alpha value is -3.93. The van der Waals surface area contributed by atoms with Crippen LogP contribution >= 0.6 is 0 Å². The number of H-pyrrole nitrogens is 1. The van der Waals surface area contributed by atoms with Crippen LogP contribution in [0, 0.1) is 10.1 Å². The van der Waals surface area contributed by atoms with Gasteiger partial charge in [0.1, 0.15) is 5.75 Å². The molecule has 0 aliphatic carbocycles. The average molecular weight is 371 g/mol. The lowest BCUT2D eigenvalue weighted by Crippen LogP contribution is -1.87. The summed E-state index contributed by atoms with van der Waals surface area (Å²) in [6.45, 7) is 0. The lowest BCUT2D eigenvalue weighted by molar-refractivity contribution is -0.384. The monoisotopic (exact) mass is 371 g/mol. The van der Waals surface area contributed by atoms with Crippen LogP contribution in [0.2, 0.25) is 0 Å². The minimum atomic E-state index is -0.426. The molecule has 1 heterocycles. The molecule has 0 aliphatic rings. The van der Waals surface area contributed by atoms with Crippen LogP contribution in [0.3, 0.4) is 0 Å². The van der Waals surface area contributed by atoms with Crippen molar-refractivity contribution in [3.63, 3.8) is 0 Å². The molecule has 0 amide bonds. The largest absolute Gasteiger partial charge is 0.495 e. The van der Waals surface area contributed by atoms with Crippen molar-refractivity contribution in [2.75, 3.05) is 7.11 Å². The molecule has 0 saturated carbocycles. The first-order valence-electron chi connectivity index (χ1n) is 8.70. The fourth-order valence-electron chi connectivity index (χ4n) is 3.17. The number of ether oxygens (including phenoxy) is 1. The molecule has 0 fully saturated rings. The summed E-state index contributed by atoms with van der Waals surface area (Å²) in [6, 6.07) is 22.0. The highest BCUT2D eigenvalue weighted by Gasteiger charge is 2.14. The second kappa shape index (κ2) is 7.36. The normalized spacial score (nSPS) is 11.2. The van der Waals surface area contributed by atoms with Crippen LogP contribution < -0.4 is 4.74 Å². The number of aliphatic imine (C=N–C) groups is 1. The van der Waals surface area contributed by atoms with Gasteiger partial charge < -0.3 is 9.72 Å². The fraction of sp³-hybridized carbons (Fsp3) is 0.0455. The number of nitro benzene ring substituents is 1. The van der Waals surface area contributed by atoms with E-state index < -0.39 is 4.92 Å². The number of aromatic amines is 1. The van der Waals surface area contributed by atoms with Gasteiger partial charge in [-0.15, -0.1) is 0 Å². The van der Waals surface area contributed by atoms with E-state index in [1.54, 1.807) is 25.5 Å². The van der Waals surface area contributed by atoms with Gasteiger partial charge in [0.25, 0.3) is 5.69 Å². The van der Waals surface area contributed by atoms with Crippen LogP contribution in [0.4, 0.5) is 11.4 Å². The summed E-state index contributed by atoms with van der Waals surface area (Å²) in [7, 11) is 1.63. The van der Waals surface area contributed by atoms with Crippen molar-refractivity contribution in [1.82, 2.24) is 4.98 Å². The number of rotatable bonds is 5. The highest BCUT2D eigenvalue weighted by molar-refractivity contribution is 6.08. The summed E-state index contributed by atoms with van der Waals surface area (Å²) in [5.41, 5.74) is 4.23. The van der Waals surface area contributed by atoms with E-state index in [1.807, 2.05) is 48.5 Å². The third-order valence-corrected chi connectivity index (χ3v) is 4.50. The van der Waals surface area contributed by atoms with Gasteiger partial charge in [0, 0.05) is 29.3 Å². The number of fused-ring (bicyclic) bond motifs is 1. The van der Waals surface area contributed by atoms with Crippen LogP contribution in [0.1, 0.15) is 5.56 Å². The Morgan fingerprint density at radius 3 is 2.57 bits per heavy atom. The van der Waals surface area contributed by atoms with E-state index in [-0.39, 0.29) is 5.69 Å². The van der Waals surface area contributed by atoms with E-state index in [4.69, 9.17) is 4.74 Å². The van der Waals surface area contributed by atoms with E-state index in [9.17, 15) is 10.1 Å². The first-order chi connectivity index (χ1) is 13.7. The van der Waals surface area contributed by atoms with Crippen molar-refractivity contribution >= 4 is 28.5 Å². The summed E-state index contributed by atoms with van der Waals surface area (Å²) in [5, 5.41) is 12.0. The number of para-hydroxylation sites is 1. The highest BCUT2D eigenvalue weighted by Crippen LogP contribution is 2.34. The van der Waals surface area contributed by atoms with Crippen LogP contribution in [0.5, 0.6) is 5.75 Å². The maximum atomic E-state index is 11.0. The summed E-state index contributed by atoms with van der Waals surface area (Å²) in [4.78, 5) is 18.5. The number of non-ortho nitro benzene ring substituents is 1. The number of nitrogens with zero attached hydrogens (tertiary/aromatic N) is 2. The van der Waals surface area contributed by atoms with E-state index in [0.717, 1.165) is 33.5 Å². The molecule has 0 saturated heterocycles. The van der Waals surface area contributed by atoms with Crippen molar-refractivity contribution in [1.29, 1.82) is 0 Å². The van der Waals surface area contributed by atoms with Gasteiger partial charge in [0.05, 0.1) is 28.9 Å². The average Bonchev–Trinajstić information content (AvgIpc) is 3.11. The molecule has 4 rings (SSSR count). The quantitative estimate of drug-likeness (QED) is 0.286. The Balaban J connectivity index is 1.87. The van der Waals surface area contributed by atoms with Crippen LogP contribution in [-0.2, 0) is 0 Å². The molecule has 0 unspecified atom stereocenters. The number of nitro groups is 1. The zero-order valence-electron chi connectivity index (χ0n) is 15.1. The van der Waals surface area contributed by atoms with E-state index >= 15 is 0 Å². The van der Waals surface area contributed by atoms with Crippen molar-refractivity contribution in [3.05, 3.63) is 88.5 Å². The molecule has 0 atom stereocenters. The molecular weight excluding hydrogens is 354 g/mol. The second-order valence-electron chi connectivity index (χ2n) is 6.20. The maximum Gasteiger partial charge on any atom is 0.271 e. The summed E-state index contributed by atoms with van der Waals surface area (Å²) >= 11 is 0.